The third-order valence-corrected chi connectivity index (χ3v) is 6.58. The predicted molar refractivity (Wildman–Crippen MR) is 130 cm³/mol. The molecule has 1 N–H and O–H groups in total. The van der Waals surface area contributed by atoms with E-state index in [-0.39, 0.29) is 22.9 Å². The summed E-state index contributed by atoms with van der Waals surface area (Å²) in [6, 6.07) is 13.9. The molecule has 5 rings (SSSR count). The first kappa shape index (κ1) is 22.0. The standard InChI is InChI=1S/C26H28N6O2/c1-16-6-4-7-19(12-16)26(34)31-11-5-8-20(14-31)23-27-24-22(25(33)28-23)29-30-32(24)15-21-13-17(2)9-10-18(21)3/h4,6-7,9-10,12-13,20H,5,8,11,14-15H2,1-3H3,(H,27,28,33). The minimum Gasteiger partial charge on any atom is -0.338 e. The summed E-state index contributed by atoms with van der Waals surface area (Å²) in [6.45, 7) is 7.79. The number of carbonyl (C=O) groups excluding carboxylic acids is 1. The van der Waals surface area contributed by atoms with Crippen molar-refractivity contribution in [3.63, 3.8) is 0 Å². The minimum atomic E-state index is -0.297. The molecule has 1 unspecified atom stereocenters. The quantitative estimate of drug-likeness (QED) is 0.507. The molecule has 2 aromatic heterocycles. The van der Waals surface area contributed by atoms with E-state index >= 15 is 0 Å². The van der Waals surface area contributed by atoms with Crippen molar-refractivity contribution in [2.24, 2.45) is 0 Å². The molecule has 1 saturated heterocycles. The van der Waals surface area contributed by atoms with Gasteiger partial charge in [-0.3, -0.25) is 9.59 Å². The highest BCUT2D eigenvalue weighted by atomic mass is 16.2. The molecule has 1 aliphatic rings. The van der Waals surface area contributed by atoms with Crippen LogP contribution in [-0.2, 0) is 6.54 Å². The fourth-order valence-corrected chi connectivity index (χ4v) is 4.66. The van der Waals surface area contributed by atoms with Gasteiger partial charge in [0.15, 0.2) is 11.2 Å². The molecule has 174 valence electrons. The lowest BCUT2D eigenvalue weighted by Crippen LogP contribution is -2.40. The van der Waals surface area contributed by atoms with Crippen LogP contribution in [0.3, 0.4) is 0 Å². The van der Waals surface area contributed by atoms with Gasteiger partial charge in [0.2, 0.25) is 0 Å². The first-order chi connectivity index (χ1) is 16.4. The van der Waals surface area contributed by atoms with Crippen molar-refractivity contribution in [2.75, 3.05) is 13.1 Å². The Morgan fingerprint density at radius 2 is 1.94 bits per heavy atom. The largest absolute Gasteiger partial charge is 0.338 e. The number of amides is 1. The van der Waals surface area contributed by atoms with E-state index < -0.39 is 0 Å². The molecule has 1 aliphatic heterocycles. The molecule has 2 aromatic carbocycles. The van der Waals surface area contributed by atoms with Gasteiger partial charge < -0.3 is 9.88 Å². The molecule has 1 amide bonds. The summed E-state index contributed by atoms with van der Waals surface area (Å²) in [6.07, 6.45) is 1.70. The van der Waals surface area contributed by atoms with E-state index in [4.69, 9.17) is 4.98 Å². The van der Waals surface area contributed by atoms with Crippen LogP contribution >= 0.6 is 0 Å². The number of aromatic nitrogens is 5. The number of likely N-dealkylation sites (tertiary alicyclic amines) is 1. The number of nitrogens with one attached hydrogen (secondary N) is 1. The van der Waals surface area contributed by atoms with Crippen molar-refractivity contribution >= 4 is 17.1 Å². The number of hydrogen-bond acceptors (Lipinski definition) is 5. The lowest BCUT2D eigenvalue weighted by atomic mass is 9.96. The van der Waals surface area contributed by atoms with Gasteiger partial charge in [-0.2, -0.15) is 0 Å². The van der Waals surface area contributed by atoms with Gasteiger partial charge in [0.25, 0.3) is 11.5 Å². The van der Waals surface area contributed by atoms with Crippen molar-refractivity contribution in [1.82, 2.24) is 29.9 Å². The van der Waals surface area contributed by atoms with E-state index in [1.807, 2.05) is 36.1 Å². The van der Waals surface area contributed by atoms with Crippen LogP contribution in [0.4, 0.5) is 0 Å². The fraction of sp³-hybridized carbons (Fsp3) is 0.346. The third-order valence-electron chi connectivity index (χ3n) is 6.58. The smallest absolute Gasteiger partial charge is 0.281 e. The molecular weight excluding hydrogens is 428 g/mol. The summed E-state index contributed by atoms with van der Waals surface area (Å²) in [5.41, 5.74) is 5.58. The zero-order valence-electron chi connectivity index (χ0n) is 19.7. The van der Waals surface area contributed by atoms with Crippen molar-refractivity contribution in [3.8, 4) is 0 Å². The Morgan fingerprint density at radius 3 is 2.76 bits per heavy atom. The molecule has 3 heterocycles. The van der Waals surface area contributed by atoms with Crippen LogP contribution in [0, 0.1) is 20.8 Å². The molecule has 34 heavy (non-hydrogen) atoms. The number of hydrogen-bond donors (Lipinski definition) is 1. The lowest BCUT2D eigenvalue weighted by molar-refractivity contribution is 0.0704. The Kier molecular flexibility index (Phi) is 5.73. The van der Waals surface area contributed by atoms with Crippen LogP contribution in [0.1, 0.15) is 57.2 Å². The van der Waals surface area contributed by atoms with Crippen molar-refractivity contribution in [1.29, 1.82) is 0 Å². The number of nitrogens with zero attached hydrogens (tertiary/aromatic N) is 5. The summed E-state index contributed by atoms with van der Waals surface area (Å²) in [4.78, 5) is 35.5. The highest BCUT2D eigenvalue weighted by Gasteiger charge is 2.28. The Bertz CT molecular complexity index is 1440. The Labute approximate surface area is 197 Å². The van der Waals surface area contributed by atoms with Gasteiger partial charge in [0.05, 0.1) is 6.54 Å². The molecular formula is C26H28N6O2. The number of carbonyl (C=O) groups is 1. The lowest BCUT2D eigenvalue weighted by Gasteiger charge is -2.32. The van der Waals surface area contributed by atoms with E-state index in [1.54, 1.807) is 4.68 Å². The number of aryl methyl sites for hydroxylation is 3. The van der Waals surface area contributed by atoms with Crippen LogP contribution in [0.5, 0.6) is 0 Å². The molecule has 1 fully saturated rings. The molecule has 0 saturated carbocycles. The molecule has 0 spiro atoms. The fourth-order valence-electron chi connectivity index (χ4n) is 4.66. The Balaban J connectivity index is 1.44. The van der Waals surface area contributed by atoms with Gasteiger partial charge in [0, 0.05) is 24.6 Å². The second-order valence-corrected chi connectivity index (χ2v) is 9.26. The topological polar surface area (TPSA) is 96.8 Å². The van der Waals surface area contributed by atoms with Gasteiger partial charge in [0.1, 0.15) is 5.82 Å². The van der Waals surface area contributed by atoms with Crippen LogP contribution in [0.15, 0.2) is 47.3 Å². The number of fused-ring (bicyclic) bond motifs is 1. The van der Waals surface area contributed by atoms with E-state index in [0.29, 0.717) is 36.7 Å². The van der Waals surface area contributed by atoms with Crippen molar-refractivity contribution < 1.29 is 4.79 Å². The number of piperidine rings is 1. The summed E-state index contributed by atoms with van der Waals surface area (Å²) in [5.74, 6) is 0.547. The maximum atomic E-state index is 13.1. The van der Waals surface area contributed by atoms with Crippen LogP contribution in [0.2, 0.25) is 0 Å². The molecule has 0 aliphatic carbocycles. The Morgan fingerprint density at radius 1 is 1.12 bits per heavy atom. The van der Waals surface area contributed by atoms with Gasteiger partial charge in [-0.05, 0) is 56.9 Å². The monoisotopic (exact) mass is 456 g/mol. The second kappa shape index (κ2) is 8.85. The molecule has 1 atom stereocenters. The zero-order valence-corrected chi connectivity index (χ0v) is 19.7. The first-order valence-corrected chi connectivity index (χ1v) is 11.6. The highest BCUT2D eigenvalue weighted by Crippen LogP contribution is 2.26. The molecule has 0 radical (unpaired) electrons. The van der Waals surface area contributed by atoms with Crippen LogP contribution < -0.4 is 5.56 Å². The predicted octanol–water partition coefficient (Wildman–Crippen LogP) is 3.51. The summed E-state index contributed by atoms with van der Waals surface area (Å²) in [5, 5.41) is 8.31. The maximum absolute atomic E-state index is 13.1. The second-order valence-electron chi connectivity index (χ2n) is 9.26. The van der Waals surface area contributed by atoms with Gasteiger partial charge in [-0.1, -0.05) is 46.7 Å². The van der Waals surface area contributed by atoms with Crippen molar-refractivity contribution in [2.45, 2.75) is 46.1 Å². The summed E-state index contributed by atoms with van der Waals surface area (Å²) < 4.78 is 1.69. The number of rotatable bonds is 4. The van der Waals surface area contributed by atoms with E-state index in [9.17, 15) is 9.59 Å². The summed E-state index contributed by atoms with van der Waals surface area (Å²) in [7, 11) is 0. The van der Waals surface area contributed by atoms with Crippen LogP contribution in [-0.4, -0.2) is 48.9 Å². The molecule has 8 heteroatoms. The average Bonchev–Trinajstić information content (AvgIpc) is 3.24. The highest BCUT2D eigenvalue weighted by molar-refractivity contribution is 5.94. The number of H-pyrrole nitrogens is 1. The Hall–Kier alpha value is -3.81. The van der Waals surface area contributed by atoms with Gasteiger partial charge >= 0.3 is 0 Å². The van der Waals surface area contributed by atoms with E-state index in [1.165, 1.54) is 0 Å². The zero-order chi connectivity index (χ0) is 23.8. The van der Waals surface area contributed by atoms with Crippen molar-refractivity contribution in [3.05, 3.63) is 86.5 Å². The molecule has 0 bridgehead atoms. The van der Waals surface area contributed by atoms with Gasteiger partial charge in [-0.15, -0.1) is 5.10 Å². The number of aromatic amines is 1. The SMILES string of the molecule is Cc1cccc(C(=O)N2CCCC(c3nc4c(nnn4Cc4cc(C)ccc4C)c(=O)[nH]3)C2)c1. The molecule has 8 nitrogen and oxygen atoms in total. The first-order valence-electron chi connectivity index (χ1n) is 11.6. The minimum absolute atomic E-state index is 0.0125. The maximum Gasteiger partial charge on any atom is 0.281 e. The van der Waals surface area contributed by atoms with E-state index in [0.717, 1.165) is 35.1 Å². The van der Waals surface area contributed by atoms with E-state index in [2.05, 4.69) is 47.3 Å². The normalized spacial score (nSPS) is 16.2. The van der Waals surface area contributed by atoms with Crippen LogP contribution in [0.25, 0.3) is 11.2 Å². The summed E-state index contributed by atoms with van der Waals surface area (Å²) >= 11 is 0. The number of benzene rings is 2. The molecule has 4 aromatic rings. The van der Waals surface area contributed by atoms with Gasteiger partial charge in [-0.25, -0.2) is 9.67 Å². The third kappa shape index (κ3) is 4.23. The average molecular weight is 457 g/mol.